The normalized spacial score (nSPS) is 10.3. The molecule has 1 amide bonds. The Balaban J connectivity index is 2.22. The predicted octanol–water partition coefficient (Wildman–Crippen LogP) is 2.97. The Hall–Kier alpha value is -1.90. The molecule has 3 nitrogen and oxygen atoms in total. The molecule has 0 saturated carbocycles. The average Bonchev–Trinajstić information content (AvgIpc) is 2.29. The quantitative estimate of drug-likeness (QED) is 0.853. The lowest BCUT2D eigenvalue weighted by Crippen LogP contribution is -2.10. The molecule has 0 fully saturated rings. The van der Waals surface area contributed by atoms with E-state index in [1.165, 1.54) is 0 Å². The Kier molecular flexibility index (Phi) is 3.15. The molecular weight excluding hydrogens is 200 g/mol. The van der Waals surface area contributed by atoms with Gasteiger partial charge in [-0.2, -0.15) is 0 Å². The first-order valence-electron chi connectivity index (χ1n) is 5.43. The minimum atomic E-state index is 0.0657. The number of rotatable bonds is 3. The van der Waals surface area contributed by atoms with Gasteiger partial charge in [0, 0.05) is 29.9 Å². The first-order valence-corrected chi connectivity index (χ1v) is 5.43. The summed E-state index contributed by atoms with van der Waals surface area (Å²) in [6.07, 6.45) is 4.99. The van der Waals surface area contributed by atoms with Crippen LogP contribution in [0.2, 0.25) is 0 Å². The molecule has 1 N–H and O–H groups in total. The Morgan fingerprint density at radius 2 is 2.19 bits per heavy atom. The zero-order valence-electron chi connectivity index (χ0n) is 9.23. The van der Waals surface area contributed by atoms with Crippen LogP contribution in [0.5, 0.6) is 0 Å². The highest BCUT2D eigenvalue weighted by molar-refractivity contribution is 5.94. The smallest absolute Gasteiger partial charge is 0.224 e. The van der Waals surface area contributed by atoms with Crippen molar-refractivity contribution in [2.75, 3.05) is 5.32 Å². The van der Waals surface area contributed by atoms with Crippen molar-refractivity contribution in [3.05, 3.63) is 36.7 Å². The van der Waals surface area contributed by atoms with Gasteiger partial charge in [-0.25, -0.2) is 0 Å². The molecule has 3 heteroatoms. The van der Waals surface area contributed by atoms with E-state index >= 15 is 0 Å². The van der Waals surface area contributed by atoms with Crippen LogP contribution in [0.25, 0.3) is 10.8 Å². The third-order valence-corrected chi connectivity index (χ3v) is 2.40. The molecular formula is C13H14N2O. The summed E-state index contributed by atoms with van der Waals surface area (Å²) in [6.45, 7) is 1.99. The molecule has 0 saturated heterocycles. The summed E-state index contributed by atoms with van der Waals surface area (Å²) in [5.41, 5.74) is 0.845. The van der Waals surface area contributed by atoms with Crippen LogP contribution in [0.3, 0.4) is 0 Å². The number of nitrogens with one attached hydrogen (secondary N) is 1. The Morgan fingerprint density at radius 1 is 1.31 bits per heavy atom. The molecule has 1 heterocycles. The highest BCUT2D eigenvalue weighted by Gasteiger charge is 2.01. The number of hydrogen-bond donors (Lipinski definition) is 1. The molecule has 0 aliphatic rings. The second kappa shape index (κ2) is 4.75. The second-order valence-corrected chi connectivity index (χ2v) is 3.74. The van der Waals surface area contributed by atoms with Gasteiger partial charge >= 0.3 is 0 Å². The van der Waals surface area contributed by atoms with Gasteiger partial charge in [-0.1, -0.05) is 13.0 Å². The van der Waals surface area contributed by atoms with Crippen LogP contribution in [0.15, 0.2) is 36.7 Å². The molecule has 2 aromatic rings. The van der Waals surface area contributed by atoms with E-state index in [1.807, 2.05) is 37.4 Å². The van der Waals surface area contributed by atoms with Crippen molar-refractivity contribution >= 4 is 22.4 Å². The van der Waals surface area contributed by atoms with Gasteiger partial charge in [-0.15, -0.1) is 0 Å². The summed E-state index contributed by atoms with van der Waals surface area (Å²) < 4.78 is 0. The van der Waals surface area contributed by atoms with E-state index < -0.39 is 0 Å². The maximum atomic E-state index is 11.4. The van der Waals surface area contributed by atoms with Gasteiger partial charge < -0.3 is 5.32 Å². The third kappa shape index (κ3) is 2.37. The number of fused-ring (bicyclic) bond motifs is 1. The minimum absolute atomic E-state index is 0.0657. The molecule has 1 aromatic carbocycles. The first kappa shape index (κ1) is 10.6. The molecule has 0 aliphatic heterocycles. The average molecular weight is 214 g/mol. The number of pyridine rings is 1. The number of amides is 1. The molecule has 16 heavy (non-hydrogen) atoms. The molecule has 0 unspecified atom stereocenters. The van der Waals surface area contributed by atoms with Crippen LogP contribution in [-0.4, -0.2) is 10.9 Å². The molecule has 0 spiro atoms. The number of anilines is 1. The van der Waals surface area contributed by atoms with Gasteiger partial charge in [-0.3, -0.25) is 9.78 Å². The van der Waals surface area contributed by atoms with Crippen LogP contribution in [0.4, 0.5) is 5.69 Å². The van der Waals surface area contributed by atoms with Crippen LogP contribution in [0, 0.1) is 0 Å². The molecule has 0 radical (unpaired) electrons. The van der Waals surface area contributed by atoms with E-state index in [4.69, 9.17) is 0 Å². The van der Waals surface area contributed by atoms with Crippen molar-refractivity contribution in [3.8, 4) is 0 Å². The van der Waals surface area contributed by atoms with Crippen molar-refractivity contribution in [2.24, 2.45) is 0 Å². The zero-order chi connectivity index (χ0) is 11.4. The number of carbonyl (C=O) groups is 1. The summed E-state index contributed by atoms with van der Waals surface area (Å²) in [5, 5.41) is 5.04. The maximum absolute atomic E-state index is 11.4. The summed E-state index contributed by atoms with van der Waals surface area (Å²) in [6, 6.07) is 7.76. The monoisotopic (exact) mass is 214 g/mol. The molecule has 82 valence electrons. The molecule has 0 atom stereocenters. The predicted molar refractivity (Wildman–Crippen MR) is 65.3 cm³/mol. The van der Waals surface area contributed by atoms with E-state index in [1.54, 1.807) is 6.20 Å². The largest absolute Gasteiger partial charge is 0.326 e. The Labute approximate surface area is 94.5 Å². The molecule has 0 aliphatic carbocycles. The number of nitrogens with zero attached hydrogens (tertiary/aromatic N) is 1. The van der Waals surface area contributed by atoms with Crippen molar-refractivity contribution in [1.29, 1.82) is 0 Å². The summed E-state index contributed by atoms with van der Waals surface area (Å²) in [5.74, 6) is 0.0657. The van der Waals surface area contributed by atoms with Gasteiger partial charge in [0.2, 0.25) is 5.91 Å². The van der Waals surface area contributed by atoms with Crippen molar-refractivity contribution in [1.82, 2.24) is 4.98 Å². The van der Waals surface area contributed by atoms with Crippen LogP contribution >= 0.6 is 0 Å². The lowest BCUT2D eigenvalue weighted by molar-refractivity contribution is -0.116. The third-order valence-electron chi connectivity index (χ3n) is 2.40. The molecule has 1 aromatic heterocycles. The SMILES string of the molecule is CCCC(=O)Nc1ccc2cnccc2c1. The topological polar surface area (TPSA) is 42.0 Å². The van der Waals surface area contributed by atoms with E-state index in [2.05, 4.69) is 10.3 Å². The van der Waals surface area contributed by atoms with Gasteiger partial charge in [0.1, 0.15) is 0 Å². The summed E-state index contributed by atoms with van der Waals surface area (Å²) in [7, 11) is 0. The van der Waals surface area contributed by atoms with Crippen LogP contribution in [-0.2, 0) is 4.79 Å². The van der Waals surface area contributed by atoms with Crippen molar-refractivity contribution in [2.45, 2.75) is 19.8 Å². The summed E-state index contributed by atoms with van der Waals surface area (Å²) in [4.78, 5) is 15.5. The minimum Gasteiger partial charge on any atom is -0.326 e. The lowest BCUT2D eigenvalue weighted by Gasteiger charge is -2.05. The van der Waals surface area contributed by atoms with E-state index in [0.29, 0.717) is 6.42 Å². The van der Waals surface area contributed by atoms with Gasteiger partial charge in [0.05, 0.1) is 0 Å². The highest BCUT2D eigenvalue weighted by Crippen LogP contribution is 2.18. The zero-order valence-corrected chi connectivity index (χ0v) is 9.23. The van der Waals surface area contributed by atoms with Crippen molar-refractivity contribution in [3.63, 3.8) is 0 Å². The van der Waals surface area contributed by atoms with Gasteiger partial charge in [-0.05, 0) is 30.0 Å². The van der Waals surface area contributed by atoms with E-state index in [9.17, 15) is 4.79 Å². The number of carbonyl (C=O) groups excluding carboxylic acids is 1. The highest BCUT2D eigenvalue weighted by atomic mass is 16.1. The second-order valence-electron chi connectivity index (χ2n) is 3.74. The number of aromatic nitrogens is 1. The standard InChI is InChI=1S/C13H14N2O/c1-2-3-13(16)15-12-5-4-11-9-14-7-6-10(11)8-12/h4-9H,2-3H2,1H3,(H,15,16). The first-order chi connectivity index (χ1) is 7.79. The lowest BCUT2D eigenvalue weighted by atomic mass is 10.1. The summed E-state index contributed by atoms with van der Waals surface area (Å²) >= 11 is 0. The van der Waals surface area contributed by atoms with Crippen LogP contribution < -0.4 is 5.32 Å². The fourth-order valence-electron chi connectivity index (χ4n) is 1.61. The Morgan fingerprint density at radius 3 is 3.00 bits per heavy atom. The number of hydrogen-bond acceptors (Lipinski definition) is 2. The fraction of sp³-hybridized carbons (Fsp3) is 0.231. The van der Waals surface area contributed by atoms with Crippen LogP contribution in [0.1, 0.15) is 19.8 Å². The van der Waals surface area contributed by atoms with Gasteiger partial charge in [0.25, 0.3) is 0 Å². The number of benzene rings is 1. The maximum Gasteiger partial charge on any atom is 0.224 e. The Bertz CT molecular complexity index is 508. The van der Waals surface area contributed by atoms with Gasteiger partial charge in [0.15, 0.2) is 0 Å². The fourth-order valence-corrected chi connectivity index (χ4v) is 1.61. The van der Waals surface area contributed by atoms with E-state index in [0.717, 1.165) is 22.9 Å². The molecule has 2 rings (SSSR count). The van der Waals surface area contributed by atoms with E-state index in [-0.39, 0.29) is 5.91 Å². The molecule has 0 bridgehead atoms. The van der Waals surface area contributed by atoms with Crippen molar-refractivity contribution < 1.29 is 4.79 Å².